The third-order valence-corrected chi connectivity index (χ3v) is 2.46. The van der Waals surface area contributed by atoms with E-state index in [1.165, 1.54) is 0 Å². The Hall–Kier alpha value is -1.12. The van der Waals surface area contributed by atoms with Crippen LogP contribution in [-0.4, -0.2) is 16.6 Å². The van der Waals surface area contributed by atoms with E-state index in [-0.39, 0.29) is 0 Å². The molecule has 0 bridgehead atoms. The van der Waals surface area contributed by atoms with E-state index in [9.17, 15) is 0 Å². The summed E-state index contributed by atoms with van der Waals surface area (Å²) in [6, 6.07) is 0. The topological polar surface area (TPSA) is 35.0 Å². The Bertz CT molecular complexity index is 360. The second kappa shape index (κ2) is 8.06. The zero-order valence-corrected chi connectivity index (χ0v) is 13.2. The lowest BCUT2D eigenvalue weighted by Gasteiger charge is -2.18. The molecule has 0 aliphatic heterocycles. The van der Waals surface area contributed by atoms with Crippen molar-refractivity contribution in [2.45, 2.75) is 67.2 Å². The van der Waals surface area contributed by atoms with Gasteiger partial charge in [0.1, 0.15) is 5.82 Å². The van der Waals surface area contributed by atoms with Gasteiger partial charge >= 0.3 is 0 Å². The standard InChI is InChI=1S/C13H22N2O.C2H6/c1-7-16-13-11(8(2)3)12(9(4)5)14-10(6)15-13;1-2/h8-9H,7H2,1-6H3;1-2H3. The predicted octanol–water partition coefficient (Wildman–Crippen LogP) is 4.46. The van der Waals surface area contributed by atoms with Gasteiger partial charge < -0.3 is 4.74 Å². The van der Waals surface area contributed by atoms with E-state index in [0.29, 0.717) is 18.4 Å². The fourth-order valence-electron chi connectivity index (χ4n) is 1.81. The summed E-state index contributed by atoms with van der Waals surface area (Å²) < 4.78 is 5.62. The number of hydrogen-bond donors (Lipinski definition) is 0. The van der Waals surface area contributed by atoms with Crippen LogP contribution in [-0.2, 0) is 0 Å². The predicted molar refractivity (Wildman–Crippen MR) is 77.5 cm³/mol. The molecule has 0 aliphatic rings. The van der Waals surface area contributed by atoms with Gasteiger partial charge in [-0.05, 0) is 25.7 Å². The third kappa shape index (κ3) is 4.28. The minimum Gasteiger partial charge on any atom is -0.478 e. The lowest BCUT2D eigenvalue weighted by molar-refractivity contribution is 0.318. The first kappa shape index (κ1) is 16.9. The Morgan fingerprint density at radius 2 is 1.56 bits per heavy atom. The first-order valence-electron chi connectivity index (χ1n) is 6.98. The van der Waals surface area contributed by atoms with E-state index in [1.54, 1.807) is 0 Å². The van der Waals surface area contributed by atoms with Crippen molar-refractivity contribution >= 4 is 0 Å². The van der Waals surface area contributed by atoms with Gasteiger partial charge in [0.15, 0.2) is 0 Å². The average Bonchev–Trinajstić information content (AvgIpc) is 2.30. The van der Waals surface area contributed by atoms with Gasteiger partial charge in [0, 0.05) is 5.56 Å². The number of nitrogens with zero attached hydrogens (tertiary/aromatic N) is 2. The molecule has 0 spiro atoms. The fraction of sp³-hybridized carbons (Fsp3) is 0.733. The Kier molecular flexibility index (Phi) is 7.56. The summed E-state index contributed by atoms with van der Waals surface area (Å²) in [5.41, 5.74) is 2.27. The van der Waals surface area contributed by atoms with Crippen LogP contribution in [0.3, 0.4) is 0 Å². The molecule has 1 rings (SSSR count). The average molecular weight is 252 g/mol. The number of aryl methyl sites for hydroxylation is 1. The van der Waals surface area contributed by atoms with Crippen molar-refractivity contribution < 1.29 is 4.74 Å². The maximum atomic E-state index is 5.62. The highest BCUT2D eigenvalue weighted by Gasteiger charge is 2.19. The highest BCUT2D eigenvalue weighted by molar-refractivity contribution is 5.35. The number of rotatable bonds is 4. The van der Waals surface area contributed by atoms with E-state index in [1.807, 2.05) is 27.7 Å². The van der Waals surface area contributed by atoms with Crippen molar-refractivity contribution in [3.8, 4) is 5.88 Å². The molecule has 0 fully saturated rings. The molecule has 0 unspecified atom stereocenters. The summed E-state index contributed by atoms with van der Waals surface area (Å²) >= 11 is 0. The Morgan fingerprint density at radius 1 is 1.00 bits per heavy atom. The van der Waals surface area contributed by atoms with Crippen molar-refractivity contribution in [2.24, 2.45) is 0 Å². The molecule has 1 heterocycles. The van der Waals surface area contributed by atoms with E-state index in [0.717, 1.165) is 23.0 Å². The zero-order chi connectivity index (χ0) is 14.3. The molecule has 104 valence electrons. The maximum absolute atomic E-state index is 5.62. The second-order valence-corrected chi connectivity index (χ2v) is 4.62. The van der Waals surface area contributed by atoms with E-state index >= 15 is 0 Å². The summed E-state index contributed by atoms with van der Waals surface area (Å²) in [6.45, 7) is 17.2. The van der Waals surface area contributed by atoms with Crippen LogP contribution in [0.15, 0.2) is 0 Å². The SMILES string of the molecule is CC.CCOc1nc(C)nc(C(C)C)c1C(C)C. The quantitative estimate of drug-likeness (QED) is 0.793. The van der Waals surface area contributed by atoms with Crippen LogP contribution < -0.4 is 4.74 Å². The van der Waals surface area contributed by atoms with Crippen LogP contribution >= 0.6 is 0 Å². The molecule has 0 saturated heterocycles. The molecular formula is C15H28N2O. The molecule has 1 aromatic rings. The third-order valence-electron chi connectivity index (χ3n) is 2.46. The minimum atomic E-state index is 0.388. The van der Waals surface area contributed by atoms with E-state index in [4.69, 9.17) is 4.74 Å². The Balaban J connectivity index is 0.00000137. The summed E-state index contributed by atoms with van der Waals surface area (Å²) in [5, 5.41) is 0. The molecule has 0 atom stereocenters. The smallest absolute Gasteiger partial charge is 0.220 e. The number of aromatic nitrogens is 2. The van der Waals surface area contributed by atoms with Crippen molar-refractivity contribution in [3.63, 3.8) is 0 Å². The van der Waals surface area contributed by atoms with Gasteiger partial charge in [-0.2, -0.15) is 4.98 Å². The molecule has 3 heteroatoms. The first-order valence-corrected chi connectivity index (χ1v) is 6.98. The van der Waals surface area contributed by atoms with Gasteiger partial charge in [-0.15, -0.1) is 0 Å². The highest BCUT2D eigenvalue weighted by atomic mass is 16.5. The van der Waals surface area contributed by atoms with Crippen LogP contribution in [0.1, 0.15) is 77.4 Å². The zero-order valence-electron chi connectivity index (χ0n) is 13.2. The fourth-order valence-corrected chi connectivity index (χ4v) is 1.81. The second-order valence-electron chi connectivity index (χ2n) is 4.62. The molecule has 1 aromatic heterocycles. The van der Waals surface area contributed by atoms with Gasteiger partial charge in [-0.3, -0.25) is 0 Å². The van der Waals surface area contributed by atoms with E-state index in [2.05, 4.69) is 37.7 Å². The lowest BCUT2D eigenvalue weighted by atomic mass is 9.96. The Labute approximate surface area is 112 Å². The molecule has 0 N–H and O–H groups in total. The van der Waals surface area contributed by atoms with Gasteiger partial charge in [0.25, 0.3) is 0 Å². The molecule has 0 amide bonds. The van der Waals surface area contributed by atoms with Crippen molar-refractivity contribution in [1.82, 2.24) is 9.97 Å². The molecule has 18 heavy (non-hydrogen) atoms. The van der Waals surface area contributed by atoms with Crippen molar-refractivity contribution in [2.75, 3.05) is 6.61 Å². The van der Waals surface area contributed by atoms with Crippen LogP contribution in [0.4, 0.5) is 0 Å². The van der Waals surface area contributed by atoms with Crippen LogP contribution in [0, 0.1) is 6.92 Å². The monoisotopic (exact) mass is 252 g/mol. The van der Waals surface area contributed by atoms with Crippen LogP contribution in [0.25, 0.3) is 0 Å². The summed E-state index contributed by atoms with van der Waals surface area (Å²) in [7, 11) is 0. The minimum absolute atomic E-state index is 0.388. The van der Waals surface area contributed by atoms with Gasteiger partial charge in [-0.1, -0.05) is 41.5 Å². The highest BCUT2D eigenvalue weighted by Crippen LogP contribution is 2.31. The largest absolute Gasteiger partial charge is 0.478 e. The van der Waals surface area contributed by atoms with E-state index < -0.39 is 0 Å². The van der Waals surface area contributed by atoms with Crippen molar-refractivity contribution in [1.29, 1.82) is 0 Å². The molecule has 0 saturated carbocycles. The van der Waals surface area contributed by atoms with Crippen LogP contribution in [0.2, 0.25) is 0 Å². The summed E-state index contributed by atoms with van der Waals surface area (Å²) in [5.74, 6) is 2.34. The summed E-state index contributed by atoms with van der Waals surface area (Å²) in [4.78, 5) is 8.94. The number of ether oxygens (including phenoxy) is 1. The first-order chi connectivity index (χ1) is 8.47. The lowest BCUT2D eigenvalue weighted by Crippen LogP contribution is -2.10. The number of hydrogen-bond acceptors (Lipinski definition) is 3. The molecule has 3 nitrogen and oxygen atoms in total. The normalized spacial score (nSPS) is 10.3. The molecule has 0 aliphatic carbocycles. The Morgan fingerprint density at radius 3 is 1.94 bits per heavy atom. The van der Waals surface area contributed by atoms with Gasteiger partial charge in [-0.25, -0.2) is 4.98 Å². The molecule has 0 radical (unpaired) electrons. The molecular weight excluding hydrogens is 224 g/mol. The van der Waals surface area contributed by atoms with Crippen molar-refractivity contribution in [3.05, 3.63) is 17.1 Å². The molecule has 0 aromatic carbocycles. The van der Waals surface area contributed by atoms with Gasteiger partial charge in [0.05, 0.1) is 12.3 Å². The maximum Gasteiger partial charge on any atom is 0.220 e. The van der Waals surface area contributed by atoms with Gasteiger partial charge in [0.2, 0.25) is 5.88 Å². The van der Waals surface area contributed by atoms with Crippen LogP contribution in [0.5, 0.6) is 5.88 Å². The summed E-state index contributed by atoms with van der Waals surface area (Å²) in [6.07, 6.45) is 0.